The lowest BCUT2D eigenvalue weighted by molar-refractivity contribution is 0.402. The molecule has 1 saturated carbocycles. The van der Waals surface area contributed by atoms with Gasteiger partial charge in [-0.2, -0.15) is 0 Å². The monoisotopic (exact) mass is 224 g/mol. The van der Waals surface area contributed by atoms with Crippen molar-refractivity contribution in [2.75, 3.05) is 0 Å². The van der Waals surface area contributed by atoms with Crippen LogP contribution in [0.5, 0.6) is 0 Å². The quantitative estimate of drug-likeness (QED) is 0.642. The Labute approximate surface area is 85.1 Å². The van der Waals surface area contributed by atoms with Gasteiger partial charge in [0, 0.05) is 10.7 Å². The van der Waals surface area contributed by atoms with E-state index in [-0.39, 0.29) is 11.2 Å². The van der Waals surface area contributed by atoms with E-state index >= 15 is 0 Å². The van der Waals surface area contributed by atoms with Gasteiger partial charge in [0.1, 0.15) is 0 Å². The minimum absolute atomic E-state index is 0.225. The van der Waals surface area contributed by atoms with E-state index in [2.05, 4.69) is 0 Å². The molecule has 4 heteroatoms. The van der Waals surface area contributed by atoms with Crippen LogP contribution in [0.4, 0.5) is 0 Å². The van der Waals surface area contributed by atoms with Crippen LogP contribution in [0.1, 0.15) is 45.4 Å². The van der Waals surface area contributed by atoms with Crippen LogP contribution < -0.4 is 0 Å². The van der Waals surface area contributed by atoms with Gasteiger partial charge in [0.2, 0.25) is 9.05 Å². The van der Waals surface area contributed by atoms with Crippen molar-refractivity contribution in [3.63, 3.8) is 0 Å². The first kappa shape index (κ1) is 11.3. The summed E-state index contributed by atoms with van der Waals surface area (Å²) in [5, 5.41) is -0.311. The highest BCUT2D eigenvalue weighted by Gasteiger charge is 2.29. The Kier molecular flexibility index (Phi) is 4.05. The molecular weight excluding hydrogens is 208 g/mol. The molecule has 13 heavy (non-hydrogen) atoms. The summed E-state index contributed by atoms with van der Waals surface area (Å²) in [5.41, 5.74) is 0. The highest BCUT2D eigenvalue weighted by Crippen LogP contribution is 2.29. The third-order valence-corrected chi connectivity index (χ3v) is 5.00. The largest absolute Gasteiger partial charge is 0.235 e. The molecule has 0 aromatic heterocycles. The first-order valence-corrected chi connectivity index (χ1v) is 7.32. The molecule has 0 radical (unpaired) electrons. The molecule has 1 fully saturated rings. The number of hydrogen-bond donors (Lipinski definition) is 0. The van der Waals surface area contributed by atoms with Crippen LogP contribution >= 0.6 is 10.7 Å². The van der Waals surface area contributed by atoms with Gasteiger partial charge in [-0.25, -0.2) is 8.42 Å². The van der Waals surface area contributed by atoms with Gasteiger partial charge in [0.15, 0.2) is 0 Å². The topological polar surface area (TPSA) is 34.1 Å². The molecule has 2 unspecified atom stereocenters. The Morgan fingerprint density at radius 2 is 1.62 bits per heavy atom. The summed E-state index contributed by atoms with van der Waals surface area (Å²) in [7, 11) is 2.06. The summed E-state index contributed by atoms with van der Waals surface area (Å²) in [6, 6.07) is 0. The molecule has 0 aromatic rings. The van der Waals surface area contributed by atoms with Crippen LogP contribution in [0.2, 0.25) is 0 Å². The van der Waals surface area contributed by atoms with E-state index < -0.39 is 9.05 Å². The first-order chi connectivity index (χ1) is 6.02. The van der Waals surface area contributed by atoms with Gasteiger partial charge >= 0.3 is 0 Å². The lowest BCUT2D eigenvalue weighted by Crippen LogP contribution is -2.25. The number of halogens is 1. The molecular formula is C9H17ClO2S. The summed E-state index contributed by atoms with van der Waals surface area (Å²) in [4.78, 5) is 0. The zero-order valence-corrected chi connectivity index (χ0v) is 9.57. The Balaban J connectivity index is 2.67. The third kappa shape index (κ3) is 3.47. The van der Waals surface area contributed by atoms with Gasteiger partial charge in [-0.3, -0.25) is 0 Å². The molecule has 2 nitrogen and oxygen atoms in total. The molecule has 0 aromatic carbocycles. The molecule has 0 amide bonds. The molecule has 0 N–H and O–H groups in total. The molecule has 1 rings (SSSR count). The van der Waals surface area contributed by atoms with E-state index in [0.29, 0.717) is 0 Å². The van der Waals surface area contributed by atoms with Crippen molar-refractivity contribution in [1.82, 2.24) is 0 Å². The highest BCUT2D eigenvalue weighted by molar-refractivity contribution is 8.14. The Morgan fingerprint density at radius 3 is 2.15 bits per heavy atom. The molecule has 0 bridgehead atoms. The maximum absolute atomic E-state index is 11.2. The van der Waals surface area contributed by atoms with E-state index in [9.17, 15) is 8.42 Å². The van der Waals surface area contributed by atoms with Crippen LogP contribution in [0, 0.1) is 5.92 Å². The molecule has 0 aliphatic heterocycles. The third-order valence-electron chi connectivity index (χ3n) is 2.89. The van der Waals surface area contributed by atoms with Crippen LogP contribution in [-0.4, -0.2) is 13.7 Å². The van der Waals surface area contributed by atoms with E-state index in [1.807, 2.05) is 6.92 Å². The van der Waals surface area contributed by atoms with Crippen molar-refractivity contribution in [3.8, 4) is 0 Å². The van der Waals surface area contributed by atoms with Crippen molar-refractivity contribution in [2.24, 2.45) is 5.92 Å². The summed E-state index contributed by atoms with van der Waals surface area (Å²) < 4.78 is 22.5. The van der Waals surface area contributed by atoms with Gasteiger partial charge in [0.25, 0.3) is 0 Å². The highest BCUT2D eigenvalue weighted by atomic mass is 35.7. The van der Waals surface area contributed by atoms with Crippen molar-refractivity contribution in [3.05, 3.63) is 0 Å². The summed E-state index contributed by atoms with van der Waals surface area (Å²) >= 11 is 0. The Bertz CT molecular complexity index is 248. The standard InChI is InChI=1S/C9H17ClO2S/c1-8-6-4-2-3-5-7-9(8)13(10,11)12/h8-9H,2-7H2,1H3. The average Bonchev–Trinajstić information content (AvgIpc) is 1.94. The smallest absolute Gasteiger partial charge is 0.212 e. The van der Waals surface area contributed by atoms with E-state index in [1.54, 1.807) is 0 Å². The van der Waals surface area contributed by atoms with Crippen molar-refractivity contribution in [1.29, 1.82) is 0 Å². The summed E-state index contributed by atoms with van der Waals surface area (Å²) in [5.74, 6) is 0.225. The first-order valence-electron chi connectivity index (χ1n) is 4.95. The zero-order chi connectivity index (χ0) is 9.90. The van der Waals surface area contributed by atoms with Gasteiger partial charge in [-0.1, -0.05) is 32.6 Å². The molecule has 2 atom stereocenters. The normalized spacial score (nSPS) is 32.2. The van der Waals surface area contributed by atoms with Crippen molar-refractivity contribution in [2.45, 2.75) is 50.7 Å². The maximum atomic E-state index is 11.2. The predicted molar refractivity (Wildman–Crippen MR) is 55.4 cm³/mol. The van der Waals surface area contributed by atoms with Crippen molar-refractivity contribution < 1.29 is 8.42 Å². The van der Waals surface area contributed by atoms with Gasteiger partial charge in [-0.05, 0) is 18.8 Å². The summed E-state index contributed by atoms with van der Waals surface area (Å²) in [6.45, 7) is 2.00. The Hall–Kier alpha value is 0.240. The number of rotatable bonds is 1. The van der Waals surface area contributed by atoms with Gasteiger partial charge < -0.3 is 0 Å². The molecule has 0 saturated heterocycles. The lowest BCUT2D eigenvalue weighted by Gasteiger charge is -2.23. The fourth-order valence-electron chi connectivity index (χ4n) is 2.05. The van der Waals surface area contributed by atoms with Crippen LogP contribution in [0.3, 0.4) is 0 Å². The van der Waals surface area contributed by atoms with E-state index in [1.165, 1.54) is 6.42 Å². The second-order valence-electron chi connectivity index (χ2n) is 3.98. The van der Waals surface area contributed by atoms with Crippen LogP contribution in [0.15, 0.2) is 0 Å². The molecule has 0 spiro atoms. The van der Waals surface area contributed by atoms with E-state index in [4.69, 9.17) is 10.7 Å². The van der Waals surface area contributed by atoms with Gasteiger partial charge in [0.05, 0.1) is 5.25 Å². The number of hydrogen-bond acceptors (Lipinski definition) is 2. The second-order valence-corrected chi connectivity index (χ2v) is 6.83. The molecule has 78 valence electrons. The summed E-state index contributed by atoms with van der Waals surface area (Å²) in [6.07, 6.45) is 6.27. The zero-order valence-electron chi connectivity index (χ0n) is 8.00. The minimum atomic E-state index is -3.34. The van der Waals surface area contributed by atoms with Crippen LogP contribution in [0.25, 0.3) is 0 Å². The predicted octanol–water partition coefficient (Wildman–Crippen LogP) is 2.91. The molecule has 1 aliphatic carbocycles. The molecule has 1 aliphatic rings. The minimum Gasteiger partial charge on any atom is -0.212 e. The Morgan fingerprint density at radius 1 is 1.08 bits per heavy atom. The molecule has 0 heterocycles. The van der Waals surface area contributed by atoms with Crippen molar-refractivity contribution >= 4 is 19.7 Å². The average molecular weight is 225 g/mol. The fourth-order valence-corrected chi connectivity index (χ4v) is 3.99. The van der Waals surface area contributed by atoms with E-state index in [0.717, 1.165) is 32.1 Å². The van der Waals surface area contributed by atoms with Crippen LogP contribution in [-0.2, 0) is 9.05 Å². The maximum Gasteiger partial charge on any atom is 0.235 e. The SMILES string of the molecule is CC1CCCCCCC1S(=O)(=O)Cl. The fraction of sp³-hybridized carbons (Fsp3) is 1.00. The second kappa shape index (κ2) is 4.65. The van der Waals surface area contributed by atoms with Gasteiger partial charge in [-0.15, -0.1) is 0 Å². The lowest BCUT2D eigenvalue weighted by atomic mass is 9.92.